The first-order chi connectivity index (χ1) is 14.2. The summed E-state index contributed by atoms with van der Waals surface area (Å²) in [6.07, 6.45) is 0. The van der Waals surface area contributed by atoms with Crippen molar-refractivity contribution in [2.24, 2.45) is 0 Å². The second-order valence-corrected chi connectivity index (χ2v) is 9.00. The molecule has 0 aliphatic rings. The summed E-state index contributed by atoms with van der Waals surface area (Å²) in [4.78, 5) is 12.2. The average molecular weight is 449 g/mol. The van der Waals surface area contributed by atoms with Gasteiger partial charge < -0.3 is 10.1 Å². The first-order valence-electron chi connectivity index (χ1n) is 8.74. The summed E-state index contributed by atoms with van der Waals surface area (Å²) in [6, 6.07) is 16.8. The Morgan fingerprint density at radius 2 is 1.73 bits per heavy atom. The number of nitrogens with one attached hydrogen (secondary N) is 1. The van der Waals surface area contributed by atoms with Crippen LogP contribution < -0.4 is 10.1 Å². The van der Waals surface area contributed by atoms with E-state index in [2.05, 4.69) is 5.32 Å². The first-order valence-corrected chi connectivity index (χ1v) is 10.6. The Labute approximate surface area is 178 Å². The summed E-state index contributed by atoms with van der Waals surface area (Å²) in [5.74, 6) is -0.708. The van der Waals surface area contributed by atoms with Crippen LogP contribution in [-0.2, 0) is 10.0 Å². The van der Waals surface area contributed by atoms with E-state index in [1.165, 1.54) is 26.2 Å². The van der Waals surface area contributed by atoms with Crippen LogP contribution in [0.15, 0.2) is 71.6 Å². The van der Waals surface area contributed by atoms with Crippen LogP contribution in [-0.4, -0.2) is 32.7 Å². The summed E-state index contributed by atoms with van der Waals surface area (Å²) in [7, 11) is -1.50. The van der Waals surface area contributed by atoms with Crippen molar-refractivity contribution in [3.8, 4) is 11.5 Å². The standard InChI is InChI=1S/C21H18ClFN2O4S/c1-25(2)30(27,28)20-12-14(8-10-17(20)23)21(26)24-18-13-15(22)9-11-19(18)29-16-6-4-3-5-7-16/h3-13H,1-2H3,(H,24,26). The van der Waals surface area contributed by atoms with Gasteiger partial charge in [-0.1, -0.05) is 29.8 Å². The number of sulfonamides is 1. The molecule has 3 rings (SSSR count). The minimum Gasteiger partial charge on any atom is -0.455 e. The van der Waals surface area contributed by atoms with Gasteiger partial charge in [0.25, 0.3) is 5.91 Å². The Hall–Kier alpha value is -2.94. The summed E-state index contributed by atoms with van der Waals surface area (Å²) in [6.45, 7) is 0. The molecule has 0 aromatic heterocycles. The van der Waals surface area contributed by atoms with E-state index in [0.717, 1.165) is 16.4 Å². The van der Waals surface area contributed by atoms with E-state index in [-0.39, 0.29) is 11.3 Å². The van der Waals surface area contributed by atoms with Crippen molar-refractivity contribution in [2.75, 3.05) is 19.4 Å². The summed E-state index contributed by atoms with van der Waals surface area (Å²) >= 11 is 6.05. The van der Waals surface area contributed by atoms with Gasteiger partial charge in [-0.15, -0.1) is 0 Å². The van der Waals surface area contributed by atoms with Crippen molar-refractivity contribution < 1.29 is 22.3 Å². The number of hydrogen-bond acceptors (Lipinski definition) is 4. The first kappa shape index (κ1) is 21.8. The fraction of sp³-hybridized carbons (Fsp3) is 0.0952. The molecule has 30 heavy (non-hydrogen) atoms. The van der Waals surface area contributed by atoms with Crippen molar-refractivity contribution in [1.29, 1.82) is 0 Å². The maximum atomic E-state index is 14.1. The van der Waals surface area contributed by atoms with Crippen LogP contribution in [0.4, 0.5) is 10.1 Å². The van der Waals surface area contributed by atoms with Gasteiger partial charge >= 0.3 is 0 Å². The van der Waals surface area contributed by atoms with Crippen molar-refractivity contribution in [2.45, 2.75) is 4.90 Å². The number of halogens is 2. The number of rotatable bonds is 6. The lowest BCUT2D eigenvalue weighted by atomic mass is 10.2. The van der Waals surface area contributed by atoms with E-state index < -0.39 is 26.6 Å². The van der Waals surface area contributed by atoms with Gasteiger partial charge in [0, 0.05) is 24.7 Å². The Morgan fingerprint density at radius 3 is 2.40 bits per heavy atom. The number of para-hydroxylation sites is 1. The van der Waals surface area contributed by atoms with Gasteiger partial charge in [0.05, 0.1) is 5.69 Å². The normalized spacial score (nSPS) is 11.4. The van der Waals surface area contributed by atoms with Crippen LogP contribution in [0.1, 0.15) is 10.4 Å². The van der Waals surface area contributed by atoms with Crippen molar-refractivity contribution in [1.82, 2.24) is 4.31 Å². The van der Waals surface area contributed by atoms with Crippen molar-refractivity contribution in [3.05, 3.63) is 83.1 Å². The molecule has 0 radical (unpaired) electrons. The molecular weight excluding hydrogens is 431 g/mol. The largest absolute Gasteiger partial charge is 0.455 e. The Balaban J connectivity index is 1.92. The number of ether oxygens (including phenoxy) is 1. The molecule has 0 atom stereocenters. The molecule has 1 N–H and O–H groups in total. The Morgan fingerprint density at radius 1 is 1.03 bits per heavy atom. The number of carbonyl (C=O) groups excluding carboxylic acids is 1. The molecule has 0 aliphatic heterocycles. The van der Waals surface area contributed by atoms with Crippen molar-refractivity contribution in [3.63, 3.8) is 0 Å². The molecule has 156 valence electrons. The lowest BCUT2D eigenvalue weighted by molar-refractivity contribution is 0.102. The summed E-state index contributed by atoms with van der Waals surface area (Å²) in [5, 5.41) is 3.00. The van der Waals surface area contributed by atoms with E-state index in [1.54, 1.807) is 36.4 Å². The number of carbonyl (C=O) groups is 1. The van der Waals surface area contributed by atoms with Crippen LogP contribution in [0, 0.1) is 5.82 Å². The number of nitrogens with zero attached hydrogens (tertiary/aromatic N) is 1. The SMILES string of the molecule is CN(C)S(=O)(=O)c1cc(C(=O)Nc2cc(Cl)ccc2Oc2ccccc2)ccc1F. The van der Waals surface area contributed by atoms with Gasteiger partial charge in [-0.05, 0) is 48.5 Å². The number of hydrogen-bond donors (Lipinski definition) is 1. The third-order valence-corrected chi connectivity index (χ3v) is 6.18. The molecule has 0 saturated carbocycles. The third-order valence-electron chi connectivity index (χ3n) is 4.11. The number of benzene rings is 3. The van der Waals surface area contributed by atoms with Crippen LogP contribution in [0.3, 0.4) is 0 Å². The fourth-order valence-corrected chi connectivity index (χ4v) is 3.69. The highest BCUT2D eigenvalue weighted by atomic mass is 35.5. The maximum Gasteiger partial charge on any atom is 0.255 e. The number of amides is 1. The predicted molar refractivity (Wildman–Crippen MR) is 113 cm³/mol. The zero-order valence-corrected chi connectivity index (χ0v) is 17.7. The molecule has 9 heteroatoms. The highest BCUT2D eigenvalue weighted by Gasteiger charge is 2.23. The van der Waals surface area contributed by atoms with Gasteiger partial charge in [0.15, 0.2) is 5.75 Å². The fourth-order valence-electron chi connectivity index (χ4n) is 2.54. The smallest absolute Gasteiger partial charge is 0.255 e. The Kier molecular flexibility index (Phi) is 6.40. The topological polar surface area (TPSA) is 75.7 Å². The molecule has 0 heterocycles. The molecule has 0 aliphatic carbocycles. The molecule has 3 aromatic carbocycles. The molecule has 0 unspecified atom stereocenters. The zero-order valence-electron chi connectivity index (χ0n) is 16.1. The van der Waals surface area contributed by atoms with Crippen LogP contribution in [0.2, 0.25) is 5.02 Å². The van der Waals surface area contributed by atoms with Gasteiger partial charge in [-0.3, -0.25) is 4.79 Å². The van der Waals surface area contributed by atoms with Crippen molar-refractivity contribution >= 4 is 33.2 Å². The van der Waals surface area contributed by atoms with Crippen LogP contribution in [0.25, 0.3) is 0 Å². The van der Waals surface area contributed by atoms with E-state index in [1.807, 2.05) is 6.07 Å². The number of anilines is 1. The third kappa shape index (κ3) is 4.79. The zero-order chi connectivity index (χ0) is 21.9. The lowest BCUT2D eigenvalue weighted by Crippen LogP contribution is -2.24. The molecular formula is C21H18ClFN2O4S. The van der Waals surface area contributed by atoms with Gasteiger partial charge in [0.2, 0.25) is 10.0 Å². The molecule has 0 spiro atoms. The lowest BCUT2D eigenvalue weighted by Gasteiger charge is -2.15. The quantitative estimate of drug-likeness (QED) is 0.589. The summed E-state index contributed by atoms with van der Waals surface area (Å²) < 4.78 is 45.4. The minimum atomic E-state index is -4.06. The van der Waals surface area contributed by atoms with E-state index in [9.17, 15) is 17.6 Å². The highest BCUT2D eigenvalue weighted by molar-refractivity contribution is 7.89. The maximum absolute atomic E-state index is 14.1. The Bertz CT molecular complexity index is 1180. The molecule has 0 fully saturated rings. The van der Waals surface area contributed by atoms with Crippen LogP contribution in [0.5, 0.6) is 11.5 Å². The predicted octanol–water partition coefficient (Wildman–Crippen LogP) is 4.77. The molecule has 0 saturated heterocycles. The summed E-state index contributed by atoms with van der Waals surface area (Å²) in [5.41, 5.74) is 0.236. The molecule has 1 amide bonds. The second kappa shape index (κ2) is 8.83. The second-order valence-electron chi connectivity index (χ2n) is 6.44. The van der Waals surface area contributed by atoms with E-state index in [4.69, 9.17) is 16.3 Å². The van der Waals surface area contributed by atoms with Gasteiger partial charge in [0.1, 0.15) is 16.5 Å². The van der Waals surface area contributed by atoms with E-state index in [0.29, 0.717) is 16.5 Å². The van der Waals surface area contributed by atoms with E-state index >= 15 is 0 Å². The van der Waals surface area contributed by atoms with Gasteiger partial charge in [-0.25, -0.2) is 17.1 Å². The highest BCUT2D eigenvalue weighted by Crippen LogP contribution is 2.32. The minimum absolute atomic E-state index is 0.0394. The monoisotopic (exact) mass is 448 g/mol. The average Bonchev–Trinajstić information content (AvgIpc) is 2.70. The molecule has 0 bridgehead atoms. The van der Waals surface area contributed by atoms with Crippen LogP contribution >= 0.6 is 11.6 Å². The van der Waals surface area contributed by atoms with Gasteiger partial charge in [-0.2, -0.15) is 0 Å². The molecule has 6 nitrogen and oxygen atoms in total. The molecule has 3 aromatic rings.